The monoisotopic (exact) mass is 726 g/mol. The molecule has 0 atom stereocenters. The van der Waals surface area contributed by atoms with Gasteiger partial charge in [-0.2, -0.15) is 13.2 Å². The van der Waals surface area contributed by atoms with Crippen LogP contribution in [0.5, 0.6) is 5.75 Å². The summed E-state index contributed by atoms with van der Waals surface area (Å²) in [5.74, 6) is -2.71. The Morgan fingerprint density at radius 3 is 2.33 bits per heavy atom. The Bertz CT molecular complexity index is 1420. The van der Waals surface area contributed by atoms with Gasteiger partial charge in [0, 0.05) is 76.2 Å². The van der Waals surface area contributed by atoms with Gasteiger partial charge in [0.05, 0.1) is 23.1 Å². The predicted molar refractivity (Wildman–Crippen MR) is 147 cm³/mol. The Kier molecular flexibility index (Phi) is 12.0. The van der Waals surface area contributed by atoms with Gasteiger partial charge in [0.15, 0.2) is 6.61 Å². The topological polar surface area (TPSA) is 84.2 Å². The molecule has 2 amide bonds. The number of alkyl halides is 3. The molecule has 7 nitrogen and oxygen atoms in total. The number of β-amino-alcohol motifs (C(OH)–C–C–N with tert-alkyl or cyclic N) is 1. The first-order chi connectivity index (χ1) is 19.5. The summed E-state index contributed by atoms with van der Waals surface area (Å²) in [5.41, 5.74) is 0.127. The maximum atomic E-state index is 14.2. The van der Waals surface area contributed by atoms with Crippen LogP contribution in [0.2, 0.25) is 10.0 Å². The van der Waals surface area contributed by atoms with Gasteiger partial charge in [0.1, 0.15) is 11.6 Å². The summed E-state index contributed by atoms with van der Waals surface area (Å²) in [7, 11) is 0. The van der Waals surface area contributed by atoms with Crippen molar-refractivity contribution >= 4 is 40.7 Å². The second-order valence-corrected chi connectivity index (χ2v) is 9.97. The summed E-state index contributed by atoms with van der Waals surface area (Å²) in [5, 5.41) is 12.9. The molecule has 0 saturated carbocycles. The number of piperazine rings is 1. The zero-order valence-corrected chi connectivity index (χ0v) is 27.7. The summed E-state index contributed by atoms with van der Waals surface area (Å²) in [6.45, 7) is 1.00. The number of hydrogen-bond acceptors (Lipinski definition) is 5. The van der Waals surface area contributed by atoms with Crippen molar-refractivity contribution in [2.45, 2.75) is 6.18 Å². The first-order valence-corrected chi connectivity index (χ1v) is 13.2. The van der Waals surface area contributed by atoms with Crippen LogP contribution in [0, 0.1) is 5.82 Å². The number of aliphatic hydroxyl groups is 1. The number of hydrogen-bond donors (Lipinski definition) is 1. The molecule has 0 aromatic heterocycles. The van der Waals surface area contributed by atoms with E-state index >= 15 is 0 Å². The minimum atomic E-state index is -4.70. The summed E-state index contributed by atoms with van der Waals surface area (Å²) in [6, 6.07) is 12.0. The standard InChI is InChI=1S/C28H25Cl2F4N3O4.Cd/c29-20-6-4-18(27(40)37-10-8-36(9-11-37)12-13-38)14-19(20)17-5-7-23(24(15-17)41-16-28(32,33)34)35-26(39)25-21(30)2-1-3-22(25)31;/h1-7,14-15,38H,8-13,16H2,(H,35,39);/p-1. The molecular formula is C28H24CdCl2F4N3O4-. The fraction of sp³-hybridized carbons (Fsp3) is 0.286. The summed E-state index contributed by atoms with van der Waals surface area (Å²) >= 11 is 12.3. The maximum absolute atomic E-state index is 14.2. The number of halogens is 6. The van der Waals surface area contributed by atoms with E-state index in [1.165, 1.54) is 42.5 Å². The van der Waals surface area contributed by atoms with Crippen LogP contribution in [-0.4, -0.2) is 78.8 Å². The minimum absolute atomic E-state index is 0. The Morgan fingerprint density at radius 2 is 1.69 bits per heavy atom. The molecule has 0 spiro atoms. The van der Waals surface area contributed by atoms with Crippen molar-refractivity contribution in [2.24, 2.45) is 0 Å². The van der Waals surface area contributed by atoms with Crippen LogP contribution in [0.25, 0.3) is 16.4 Å². The van der Waals surface area contributed by atoms with Crippen molar-refractivity contribution in [1.82, 2.24) is 9.80 Å². The molecular weight excluding hydrogens is 702 g/mol. The van der Waals surface area contributed by atoms with Crippen LogP contribution in [0.1, 0.15) is 20.7 Å². The van der Waals surface area contributed by atoms with Gasteiger partial charge in [-0.25, -0.2) is 4.39 Å². The number of ether oxygens (including phenoxy) is 1. The van der Waals surface area contributed by atoms with Crippen LogP contribution in [-0.2, 0) is 27.3 Å². The number of carbonyl (C=O) groups excluding carboxylic acids is 2. The van der Waals surface area contributed by atoms with Crippen molar-refractivity contribution in [1.29, 1.82) is 0 Å². The molecule has 1 saturated heterocycles. The van der Waals surface area contributed by atoms with Crippen molar-refractivity contribution in [3.63, 3.8) is 0 Å². The molecule has 42 heavy (non-hydrogen) atoms. The first-order valence-electron chi connectivity index (χ1n) is 12.4. The number of benzene rings is 3. The van der Waals surface area contributed by atoms with Gasteiger partial charge >= 0.3 is 6.18 Å². The van der Waals surface area contributed by atoms with Gasteiger partial charge < -0.3 is 24.9 Å². The smallest absolute Gasteiger partial charge is 0.422 e. The van der Waals surface area contributed by atoms with Crippen molar-refractivity contribution < 1.29 is 64.3 Å². The Hall–Kier alpha value is -2.46. The third-order valence-electron chi connectivity index (χ3n) is 6.35. The van der Waals surface area contributed by atoms with E-state index in [0.29, 0.717) is 49.4 Å². The van der Waals surface area contributed by atoms with E-state index in [-0.39, 0.29) is 55.5 Å². The normalized spacial score (nSPS) is 13.8. The van der Waals surface area contributed by atoms with Crippen molar-refractivity contribution in [3.8, 4) is 16.9 Å². The number of rotatable bonds is 8. The molecule has 0 unspecified atom stereocenters. The van der Waals surface area contributed by atoms with E-state index < -0.39 is 35.8 Å². The molecule has 1 aliphatic heterocycles. The molecule has 0 bridgehead atoms. The maximum Gasteiger partial charge on any atom is 0.422 e. The molecule has 1 fully saturated rings. The molecule has 4 rings (SSSR count). The second-order valence-electron chi connectivity index (χ2n) is 9.15. The van der Waals surface area contributed by atoms with E-state index in [4.69, 9.17) is 33.0 Å². The van der Waals surface area contributed by atoms with E-state index in [9.17, 15) is 27.2 Å². The number of amides is 2. The average molecular weight is 726 g/mol. The largest absolute Gasteiger partial charge is 0.620 e. The number of aliphatic hydroxyl groups excluding tert-OH is 1. The number of nitrogens with zero attached hydrogens (tertiary/aromatic N) is 3. The fourth-order valence-corrected chi connectivity index (χ4v) is 4.77. The van der Waals surface area contributed by atoms with Gasteiger partial charge in [-0.1, -0.05) is 47.1 Å². The van der Waals surface area contributed by atoms with Crippen molar-refractivity contribution in [2.75, 3.05) is 45.9 Å². The molecule has 220 valence electrons. The fourth-order valence-electron chi connectivity index (χ4n) is 4.29. The van der Waals surface area contributed by atoms with Crippen LogP contribution in [0.3, 0.4) is 0 Å². The van der Waals surface area contributed by atoms with Crippen molar-refractivity contribution in [3.05, 3.63) is 86.9 Å². The van der Waals surface area contributed by atoms with Crippen LogP contribution >= 0.6 is 23.2 Å². The van der Waals surface area contributed by atoms with E-state index in [0.717, 1.165) is 6.07 Å². The minimum Gasteiger partial charge on any atom is -0.620 e. The molecule has 3 aromatic carbocycles. The zero-order valence-electron chi connectivity index (χ0n) is 22.1. The molecule has 0 aliphatic carbocycles. The van der Waals surface area contributed by atoms with E-state index in [1.54, 1.807) is 11.0 Å². The zero-order chi connectivity index (χ0) is 29.7. The molecule has 0 radical (unpaired) electrons. The summed E-state index contributed by atoms with van der Waals surface area (Å²) < 4.78 is 58.2. The second kappa shape index (κ2) is 14.8. The third kappa shape index (κ3) is 8.56. The first kappa shape index (κ1) is 34.0. The van der Waals surface area contributed by atoms with Crippen LogP contribution < -0.4 is 4.74 Å². The van der Waals surface area contributed by atoms with Gasteiger partial charge in [-0.05, 0) is 42.0 Å². The third-order valence-corrected chi connectivity index (χ3v) is 6.99. The predicted octanol–water partition coefficient (Wildman–Crippen LogP) is 6.33. The molecule has 3 aromatic rings. The Balaban J connectivity index is 0.00000484. The van der Waals surface area contributed by atoms with Gasteiger partial charge in [-0.15, -0.1) is 0 Å². The van der Waals surface area contributed by atoms with E-state index in [1.807, 2.05) is 4.90 Å². The van der Waals surface area contributed by atoms with Crippen LogP contribution in [0.15, 0.2) is 54.6 Å². The molecule has 1 aliphatic rings. The van der Waals surface area contributed by atoms with Gasteiger partial charge in [-0.3, -0.25) is 9.69 Å². The average Bonchev–Trinajstić information content (AvgIpc) is 2.92. The Morgan fingerprint density at radius 1 is 0.976 bits per heavy atom. The van der Waals surface area contributed by atoms with Gasteiger partial charge in [0.2, 0.25) is 0 Å². The summed E-state index contributed by atoms with van der Waals surface area (Å²) in [6.07, 6.45) is -4.70. The molecule has 1 heterocycles. The Labute approximate surface area is 269 Å². The SMILES string of the molecule is O=C([N-]c1ccc(-c2cc(C(=O)N3CCN(CCO)CC3)ccc2Cl)cc1OCC(F)(F)F)c1c(F)cccc1Cl.[Cd]. The quantitative estimate of drug-likeness (QED) is 0.217. The molecule has 14 heteroatoms. The van der Waals surface area contributed by atoms with E-state index in [2.05, 4.69) is 5.32 Å². The summed E-state index contributed by atoms with van der Waals surface area (Å²) in [4.78, 5) is 29.6. The van der Waals surface area contributed by atoms with Gasteiger partial charge in [0.25, 0.3) is 5.91 Å². The van der Waals surface area contributed by atoms with Crippen LogP contribution in [0.4, 0.5) is 23.2 Å². The molecule has 1 N–H and O–H groups in total. The number of carbonyl (C=O) groups is 2.